The van der Waals surface area contributed by atoms with E-state index in [4.69, 9.17) is 0 Å². The lowest BCUT2D eigenvalue weighted by Crippen LogP contribution is -2.15. The second kappa shape index (κ2) is 3.55. The molecule has 0 heterocycles. The monoisotopic (exact) mass is 234 g/mol. The van der Waals surface area contributed by atoms with Gasteiger partial charge in [-0.2, -0.15) is 4.39 Å². The minimum atomic E-state index is -4.29. The van der Waals surface area contributed by atoms with Crippen molar-refractivity contribution in [3.8, 4) is 0 Å². The fourth-order valence-electron chi connectivity index (χ4n) is 1.09. The summed E-state index contributed by atoms with van der Waals surface area (Å²) in [6.45, 7) is 1.30. The molecule has 0 aromatic heterocycles. The number of benzene rings is 1. The summed E-state index contributed by atoms with van der Waals surface area (Å²) >= 11 is 0. The summed E-state index contributed by atoms with van der Waals surface area (Å²) in [5, 5.41) is 15.1. The molecule has 0 bridgehead atoms. The van der Waals surface area contributed by atoms with Crippen molar-refractivity contribution in [1.82, 2.24) is 0 Å². The Balaban J connectivity index is 3.64. The van der Waals surface area contributed by atoms with Gasteiger partial charge >= 0.3 is 5.69 Å². The number of hydrogen-bond acceptors (Lipinski definition) is 4. The van der Waals surface area contributed by atoms with E-state index in [9.17, 15) is 22.9 Å². The second-order valence-electron chi connectivity index (χ2n) is 2.85. The van der Waals surface area contributed by atoms with Gasteiger partial charge in [-0.1, -0.05) is 6.07 Å². The predicted octanol–water partition coefficient (Wildman–Crippen LogP) is 0.690. The molecule has 0 aliphatic heterocycles. The molecule has 0 atom stereocenters. The zero-order valence-corrected chi connectivity index (χ0v) is 8.41. The number of nitrogens with zero attached hydrogens (tertiary/aromatic N) is 1. The highest BCUT2D eigenvalue weighted by atomic mass is 32.2. The van der Waals surface area contributed by atoms with Crippen LogP contribution in [0.15, 0.2) is 17.0 Å². The van der Waals surface area contributed by atoms with Crippen LogP contribution in [0.3, 0.4) is 0 Å². The van der Waals surface area contributed by atoms with E-state index in [1.807, 2.05) is 0 Å². The molecule has 8 heteroatoms. The second-order valence-corrected chi connectivity index (χ2v) is 4.38. The molecular weight excluding hydrogens is 227 g/mol. The maximum absolute atomic E-state index is 13.4. The quantitative estimate of drug-likeness (QED) is 0.600. The predicted molar refractivity (Wildman–Crippen MR) is 49.2 cm³/mol. The summed E-state index contributed by atoms with van der Waals surface area (Å²) in [6.07, 6.45) is 0. The number of nitro benzene ring substituents is 1. The van der Waals surface area contributed by atoms with E-state index in [2.05, 4.69) is 5.14 Å². The Morgan fingerprint density at radius 1 is 1.47 bits per heavy atom. The number of halogens is 1. The Morgan fingerprint density at radius 2 is 2.00 bits per heavy atom. The molecule has 0 fully saturated rings. The Hall–Kier alpha value is -1.54. The number of nitrogens with two attached hydrogens (primary N) is 1. The fraction of sp³-hybridized carbons (Fsp3) is 0.143. The highest BCUT2D eigenvalue weighted by Crippen LogP contribution is 2.26. The first kappa shape index (κ1) is 11.5. The van der Waals surface area contributed by atoms with E-state index in [1.165, 1.54) is 6.92 Å². The van der Waals surface area contributed by atoms with Gasteiger partial charge in [0, 0.05) is 5.56 Å². The van der Waals surface area contributed by atoms with E-state index in [1.54, 1.807) is 0 Å². The topological polar surface area (TPSA) is 103 Å². The van der Waals surface area contributed by atoms with Crippen LogP contribution in [-0.4, -0.2) is 13.3 Å². The van der Waals surface area contributed by atoms with Crippen LogP contribution >= 0.6 is 0 Å². The minimum Gasteiger partial charge on any atom is -0.258 e. The van der Waals surface area contributed by atoms with Crippen molar-refractivity contribution in [2.24, 2.45) is 5.14 Å². The zero-order chi connectivity index (χ0) is 11.8. The third kappa shape index (κ3) is 2.10. The lowest BCUT2D eigenvalue weighted by Gasteiger charge is -2.02. The van der Waals surface area contributed by atoms with Crippen LogP contribution in [0.1, 0.15) is 5.56 Å². The molecule has 1 aromatic rings. The van der Waals surface area contributed by atoms with Gasteiger partial charge in [0.25, 0.3) is 0 Å². The average Bonchev–Trinajstić information content (AvgIpc) is 2.00. The summed E-state index contributed by atoms with van der Waals surface area (Å²) in [4.78, 5) is 8.59. The molecule has 0 radical (unpaired) electrons. The first-order valence-corrected chi connectivity index (χ1v) is 5.26. The highest BCUT2D eigenvalue weighted by Gasteiger charge is 2.26. The summed E-state index contributed by atoms with van der Waals surface area (Å²) in [6, 6.07) is 2.02. The van der Waals surface area contributed by atoms with E-state index in [0.29, 0.717) is 0 Å². The van der Waals surface area contributed by atoms with Crippen LogP contribution in [0.4, 0.5) is 10.1 Å². The molecule has 15 heavy (non-hydrogen) atoms. The van der Waals surface area contributed by atoms with Gasteiger partial charge in [-0.25, -0.2) is 13.6 Å². The Kier molecular flexibility index (Phi) is 2.73. The average molecular weight is 234 g/mol. The molecule has 0 amide bonds. The summed E-state index contributed by atoms with van der Waals surface area (Å²) in [5.41, 5.74) is -0.841. The van der Waals surface area contributed by atoms with Gasteiger partial charge in [0.05, 0.1) is 4.92 Å². The maximum atomic E-state index is 13.4. The third-order valence-electron chi connectivity index (χ3n) is 1.77. The molecule has 2 N–H and O–H groups in total. The molecule has 0 aliphatic carbocycles. The minimum absolute atomic E-state index is 0.0323. The standard InChI is InChI=1S/C7H7FN2O4S/c1-4-2-3-5(15(9,13)14)6(8)7(4)10(11)12/h2-3H,1H3,(H2,9,13,14). The van der Waals surface area contributed by atoms with Crippen LogP contribution in [-0.2, 0) is 10.0 Å². The summed E-state index contributed by atoms with van der Waals surface area (Å²) in [7, 11) is -4.29. The first-order valence-electron chi connectivity index (χ1n) is 3.71. The molecule has 6 nitrogen and oxygen atoms in total. The number of aryl methyl sites for hydroxylation is 1. The number of hydrogen-bond donors (Lipinski definition) is 1. The molecule has 1 rings (SSSR count). The van der Waals surface area contributed by atoms with Gasteiger partial charge in [0.1, 0.15) is 4.90 Å². The smallest absolute Gasteiger partial charge is 0.258 e. The SMILES string of the molecule is Cc1ccc(S(N)(=O)=O)c(F)c1[N+](=O)[O-]. The van der Waals surface area contributed by atoms with E-state index in [-0.39, 0.29) is 5.56 Å². The third-order valence-corrected chi connectivity index (χ3v) is 2.70. The number of nitro groups is 1. The fourth-order valence-corrected chi connectivity index (χ4v) is 1.69. The number of sulfonamides is 1. The molecule has 0 aliphatic rings. The van der Waals surface area contributed by atoms with Crippen molar-refractivity contribution in [3.05, 3.63) is 33.6 Å². The van der Waals surface area contributed by atoms with Crippen molar-refractivity contribution in [1.29, 1.82) is 0 Å². The molecule has 82 valence electrons. The van der Waals surface area contributed by atoms with Gasteiger partial charge < -0.3 is 0 Å². The molecule has 0 saturated carbocycles. The van der Waals surface area contributed by atoms with Gasteiger partial charge in [-0.15, -0.1) is 0 Å². The van der Waals surface area contributed by atoms with Crippen molar-refractivity contribution < 1.29 is 17.7 Å². The normalized spacial score (nSPS) is 11.4. The van der Waals surface area contributed by atoms with Crippen molar-refractivity contribution in [2.75, 3.05) is 0 Å². The Labute approximate surface area is 84.7 Å². The number of rotatable bonds is 2. The van der Waals surface area contributed by atoms with Crippen molar-refractivity contribution in [3.63, 3.8) is 0 Å². The van der Waals surface area contributed by atoms with Gasteiger partial charge in [0.2, 0.25) is 15.8 Å². The van der Waals surface area contributed by atoms with Gasteiger partial charge in [-0.05, 0) is 13.0 Å². The molecular formula is C7H7FN2O4S. The van der Waals surface area contributed by atoms with Crippen LogP contribution in [0.25, 0.3) is 0 Å². The van der Waals surface area contributed by atoms with E-state index in [0.717, 1.165) is 12.1 Å². The van der Waals surface area contributed by atoms with E-state index >= 15 is 0 Å². The Morgan fingerprint density at radius 3 is 2.40 bits per heavy atom. The van der Waals surface area contributed by atoms with E-state index < -0.39 is 31.3 Å². The molecule has 0 spiro atoms. The lowest BCUT2D eigenvalue weighted by atomic mass is 10.2. The molecule has 1 aromatic carbocycles. The highest BCUT2D eigenvalue weighted by molar-refractivity contribution is 7.89. The Bertz CT molecular complexity index is 526. The zero-order valence-electron chi connectivity index (χ0n) is 7.60. The first-order chi connectivity index (χ1) is 6.75. The van der Waals surface area contributed by atoms with Crippen molar-refractivity contribution >= 4 is 15.7 Å². The van der Waals surface area contributed by atoms with Crippen LogP contribution in [0.5, 0.6) is 0 Å². The lowest BCUT2D eigenvalue weighted by molar-refractivity contribution is -0.388. The van der Waals surface area contributed by atoms with Gasteiger partial charge in [0.15, 0.2) is 0 Å². The summed E-state index contributed by atoms with van der Waals surface area (Å²) < 4.78 is 35.1. The summed E-state index contributed by atoms with van der Waals surface area (Å²) in [5.74, 6) is -1.43. The molecule has 0 unspecified atom stereocenters. The maximum Gasteiger partial charge on any atom is 0.309 e. The van der Waals surface area contributed by atoms with Crippen LogP contribution < -0.4 is 5.14 Å². The van der Waals surface area contributed by atoms with Crippen LogP contribution in [0.2, 0.25) is 0 Å². The van der Waals surface area contributed by atoms with Gasteiger partial charge in [-0.3, -0.25) is 10.1 Å². The van der Waals surface area contributed by atoms with Crippen LogP contribution in [0, 0.1) is 22.9 Å². The molecule has 0 saturated heterocycles. The van der Waals surface area contributed by atoms with Crippen molar-refractivity contribution in [2.45, 2.75) is 11.8 Å². The largest absolute Gasteiger partial charge is 0.309 e. The number of primary sulfonamides is 1.